The van der Waals surface area contributed by atoms with Gasteiger partial charge in [0.05, 0.1) is 55.6 Å². The Morgan fingerprint density at radius 3 is 1.77 bits per heavy atom. The quantitative estimate of drug-likeness (QED) is 0.0479. The number of carboxylic acid groups (broad SMARTS) is 1. The van der Waals surface area contributed by atoms with E-state index < -0.39 is 194 Å². The molecule has 8 fully saturated rings. The number of rotatable bonds is 13. The molecule has 446 valence electrons. The third kappa shape index (κ3) is 9.48. The zero-order valence-corrected chi connectivity index (χ0v) is 44.9. The zero-order valence-electron chi connectivity index (χ0n) is 44.9. The minimum absolute atomic E-state index is 0.0619. The Morgan fingerprint density at radius 2 is 1.21 bits per heavy atom. The van der Waals surface area contributed by atoms with Gasteiger partial charge in [-0.1, -0.05) is 53.2 Å². The molecular weight excluding hydrogens is 1040 g/mol. The number of aliphatic hydroxyl groups is 14. The Hall–Kier alpha value is -2.00. The lowest BCUT2D eigenvalue weighted by atomic mass is 9.33. The Balaban J connectivity index is 1.05. The van der Waals surface area contributed by atoms with Crippen molar-refractivity contribution in [3.05, 3.63) is 11.6 Å². The van der Waals surface area contributed by atoms with Crippen LogP contribution in [0.15, 0.2) is 11.6 Å². The molecule has 25 nitrogen and oxygen atoms in total. The van der Waals surface area contributed by atoms with Crippen LogP contribution in [-0.2, 0) is 47.5 Å². The van der Waals surface area contributed by atoms with Crippen molar-refractivity contribution in [2.24, 2.45) is 50.2 Å². The molecule has 78 heavy (non-hydrogen) atoms. The number of aliphatic carboxylic acids is 1. The SMILES string of the molecule is CC1(C)C[C@H](O)[C@]2(CO)[C@H](O)C[C@]3(C)C(=CC[C@@H]4[C@@]5(C)CC[C@H](O[C@@H]6O[C@H](C(=O)O)[C@@H](O)[C@H](O[C@@H]7OC[C@H](O)[C@H](O)[C@H]7O[C@@H]7O[C@H](CO)[C@@H](O)[C@H](O)[C@H]7O)[C@H]6O[C@@H]6O[C@H](CO)[C@H](O)[C@H](O)[C@H]6O)[C@@](C)(C=O)[C@@H]5CC[C@]43C)[C@@H]2C1. The molecule has 4 saturated heterocycles. The molecule has 0 aromatic heterocycles. The van der Waals surface area contributed by atoms with Crippen molar-refractivity contribution < 1.29 is 124 Å². The third-order valence-electron chi connectivity index (χ3n) is 21.1. The van der Waals surface area contributed by atoms with E-state index in [-0.39, 0.29) is 30.3 Å². The first-order chi connectivity index (χ1) is 36.5. The van der Waals surface area contributed by atoms with Crippen LogP contribution in [0.3, 0.4) is 0 Å². The van der Waals surface area contributed by atoms with E-state index in [0.29, 0.717) is 44.9 Å². The number of hydrogen-bond acceptors (Lipinski definition) is 24. The maximum atomic E-state index is 14.0. The lowest BCUT2D eigenvalue weighted by Gasteiger charge is -2.72. The predicted octanol–water partition coefficient (Wildman–Crippen LogP) is -3.71. The summed E-state index contributed by atoms with van der Waals surface area (Å²) in [5.41, 5.74) is -3.23. The van der Waals surface area contributed by atoms with E-state index in [2.05, 4.69) is 40.7 Å². The molecule has 30 atom stereocenters. The molecule has 4 aliphatic heterocycles. The lowest BCUT2D eigenvalue weighted by molar-refractivity contribution is -0.400. The Morgan fingerprint density at radius 1 is 0.628 bits per heavy atom. The normalized spacial score (nSPS) is 55.1. The van der Waals surface area contributed by atoms with E-state index in [0.717, 1.165) is 11.9 Å². The van der Waals surface area contributed by atoms with Crippen LogP contribution in [-0.4, -0.2) is 250 Å². The fourth-order valence-corrected chi connectivity index (χ4v) is 16.5. The lowest BCUT2D eigenvalue weighted by Crippen LogP contribution is -2.70. The van der Waals surface area contributed by atoms with Crippen LogP contribution in [0.4, 0.5) is 0 Å². The molecule has 0 spiro atoms. The van der Waals surface area contributed by atoms with E-state index in [1.54, 1.807) is 6.92 Å². The summed E-state index contributed by atoms with van der Waals surface area (Å²) in [5.74, 6) is -2.50. The fraction of sp³-hybridized carbons (Fsp3) is 0.925. The minimum atomic E-state index is -2.28. The highest BCUT2D eigenvalue weighted by Gasteiger charge is 2.72. The average molecular weight is 1120 g/mol. The molecule has 0 amide bonds. The number of carbonyl (C=O) groups is 2. The zero-order chi connectivity index (χ0) is 57.1. The van der Waals surface area contributed by atoms with Gasteiger partial charge in [-0.3, -0.25) is 0 Å². The van der Waals surface area contributed by atoms with Crippen LogP contribution in [0.1, 0.15) is 92.9 Å². The summed E-state index contributed by atoms with van der Waals surface area (Å²) in [5, 5.41) is 164. The summed E-state index contributed by atoms with van der Waals surface area (Å²) in [4.78, 5) is 27.1. The van der Waals surface area contributed by atoms with Gasteiger partial charge in [-0.15, -0.1) is 0 Å². The number of allylic oxidation sites excluding steroid dienone is 2. The molecule has 0 aromatic carbocycles. The second kappa shape index (κ2) is 21.9. The first-order valence-electron chi connectivity index (χ1n) is 27.4. The van der Waals surface area contributed by atoms with Gasteiger partial charge in [0.1, 0.15) is 91.7 Å². The maximum absolute atomic E-state index is 14.0. The highest BCUT2D eigenvalue weighted by Crippen LogP contribution is 2.76. The number of carboxylic acids is 1. The molecule has 25 heteroatoms. The van der Waals surface area contributed by atoms with Gasteiger partial charge in [0.25, 0.3) is 0 Å². The van der Waals surface area contributed by atoms with Crippen LogP contribution in [0, 0.1) is 50.2 Å². The number of aldehydes is 1. The molecule has 0 radical (unpaired) electrons. The highest BCUT2D eigenvalue weighted by atomic mass is 16.8. The van der Waals surface area contributed by atoms with Gasteiger partial charge in [-0.05, 0) is 90.8 Å². The second-order valence-electron chi connectivity index (χ2n) is 25.8. The van der Waals surface area contributed by atoms with E-state index in [9.17, 15) is 86.2 Å². The number of hydrogen-bond donors (Lipinski definition) is 15. The minimum Gasteiger partial charge on any atom is -0.479 e. The van der Waals surface area contributed by atoms with Crippen molar-refractivity contribution in [3.8, 4) is 0 Å². The maximum Gasteiger partial charge on any atom is 0.335 e. The van der Waals surface area contributed by atoms with Gasteiger partial charge < -0.3 is 119 Å². The number of aliphatic hydroxyl groups excluding tert-OH is 14. The number of carbonyl (C=O) groups excluding carboxylic acids is 1. The molecular formula is C53H84O25. The summed E-state index contributed by atoms with van der Waals surface area (Å²) < 4.78 is 48.2. The molecule has 5 aliphatic carbocycles. The molecule has 15 N–H and O–H groups in total. The van der Waals surface area contributed by atoms with E-state index in [4.69, 9.17) is 37.9 Å². The standard InChI is InChI=1S/C53H84O25/c1-48(2)13-22-21-7-8-27-49(3)11-10-30(50(4,19-56)26(49)9-12-51(27,5)52(21,6)15-29(60)53(22,20-57)28(59)14-48)74-47-42(78-45-37(67)35(65)33(63)25(17-55)73-45)39(38(68)40(76-47)43(69)70)75-46-41(31(61)23(58)18-71-46)77-44-36(66)34(64)32(62)24(16-54)72-44/h7,19,22-42,44-47,54-55,57-68H,8-18,20H2,1-6H3,(H,69,70)/t22-,23-,24+,25+,26+,27+,28-,29+,30-,31-,32+,33-,34-,35-,36+,37+,38-,39-,40-,41+,42+,44-,45-,46-,47+,49-,50-,51+,52+,53+/m0/s1. The van der Waals surface area contributed by atoms with Gasteiger partial charge in [0, 0.05) is 0 Å². The van der Waals surface area contributed by atoms with Crippen molar-refractivity contribution in [2.45, 2.75) is 228 Å². The average Bonchev–Trinajstić information content (AvgIpc) is 1.92. The molecule has 9 rings (SSSR count). The second-order valence-corrected chi connectivity index (χ2v) is 25.8. The van der Waals surface area contributed by atoms with Gasteiger partial charge in [-0.2, -0.15) is 0 Å². The van der Waals surface area contributed by atoms with Crippen LogP contribution >= 0.6 is 0 Å². The summed E-state index contributed by atoms with van der Waals surface area (Å²) in [6, 6.07) is 0. The summed E-state index contributed by atoms with van der Waals surface area (Å²) in [7, 11) is 0. The van der Waals surface area contributed by atoms with Gasteiger partial charge >= 0.3 is 5.97 Å². The van der Waals surface area contributed by atoms with Gasteiger partial charge in [0.2, 0.25) is 0 Å². The predicted molar refractivity (Wildman–Crippen MR) is 260 cm³/mol. The Bertz CT molecular complexity index is 2180. The Kier molecular flexibility index (Phi) is 17.0. The van der Waals surface area contributed by atoms with E-state index in [1.165, 1.54) is 0 Å². The molecule has 0 unspecified atom stereocenters. The molecule has 4 heterocycles. The largest absolute Gasteiger partial charge is 0.479 e. The molecule has 0 bridgehead atoms. The van der Waals surface area contributed by atoms with Crippen LogP contribution in [0.5, 0.6) is 0 Å². The van der Waals surface area contributed by atoms with Crippen LogP contribution in [0.2, 0.25) is 0 Å². The molecule has 0 aromatic rings. The first-order valence-corrected chi connectivity index (χ1v) is 27.4. The van der Waals surface area contributed by atoms with E-state index >= 15 is 0 Å². The van der Waals surface area contributed by atoms with Crippen molar-refractivity contribution in [3.63, 3.8) is 0 Å². The van der Waals surface area contributed by atoms with Crippen LogP contribution in [0.25, 0.3) is 0 Å². The van der Waals surface area contributed by atoms with Gasteiger partial charge in [0.15, 0.2) is 31.3 Å². The summed E-state index contributed by atoms with van der Waals surface area (Å²) in [6.45, 7) is 9.71. The smallest absolute Gasteiger partial charge is 0.335 e. The fourth-order valence-electron chi connectivity index (χ4n) is 16.5. The number of fused-ring (bicyclic) bond motifs is 7. The Labute approximate surface area is 451 Å². The third-order valence-corrected chi connectivity index (χ3v) is 21.1. The van der Waals surface area contributed by atoms with Crippen molar-refractivity contribution in [1.82, 2.24) is 0 Å². The van der Waals surface area contributed by atoms with Crippen molar-refractivity contribution in [2.75, 3.05) is 26.4 Å². The topological polar surface area (TPSA) is 411 Å². The molecule has 4 saturated carbocycles. The molecule has 9 aliphatic rings. The van der Waals surface area contributed by atoms with Crippen molar-refractivity contribution in [1.29, 1.82) is 0 Å². The first kappa shape index (κ1) is 60.6. The monoisotopic (exact) mass is 1120 g/mol. The van der Waals surface area contributed by atoms with Gasteiger partial charge in [-0.25, -0.2) is 4.79 Å². The van der Waals surface area contributed by atoms with Crippen molar-refractivity contribution >= 4 is 12.3 Å². The van der Waals surface area contributed by atoms with E-state index in [1.807, 2.05) is 0 Å². The highest BCUT2D eigenvalue weighted by molar-refractivity contribution is 5.73. The van der Waals surface area contributed by atoms with Crippen LogP contribution < -0.4 is 0 Å². The summed E-state index contributed by atoms with van der Waals surface area (Å²) in [6.07, 6.45) is -33.2. The number of ether oxygens (including phenoxy) is 8. The summed E-state index contributed by atoms with van der Waals surface area (Å²) >= 11 is 0.